The van der Waals surface area contributed by atoms with E-state index in [1.165, 1.54) is 24.8 Å². The van der Waals surface area contributed by atoms with Gasteiger partial charge in [0, 0.05) is 0 Å². The van der Waals surface area contributed by atoms with Crippen LogP contribution in [0.1, 0.15) is 46.0 Å². The number of rotatable bonds is 3. The van der Waals surface area contributed by atoms with E-state index in [0.29, 0.717) is 12.0 Å². The lowest BCUT2D eigenvalue weighted by molar-refractivity contribution is -0.146. The third kappa shape index (κ3) is 2.94. The second-order valence-corrected chi connectivity index (χ2v) is 5.71. The number of hydrogen-bond acceptors (Lipinski definition) is 3. The molecule has 1 N–H and O–H groups in total. The molecule has 18 heavy (non-hydrogen) atoms. The van der Waals surface area contributed by atoms with Crippen LogP contribution in [0.2, 0.25) is 0 Å². The van der Waals surface area contributed by atoms with Gasteiger partial charge in [0.05, 0.1) is 12.5 Å². The Morgan fingerprint density at radius 1 is 1.44 bits per heavy atom. The first-order valence-electron chi connectivity index (χ1n) is 7.23. The quantitative estimate of drug-likeness (QED) is 0.619. The Hall–Kier alpha value is -0.830. The summed E-state index contributed by atoms with van der Waals surface area (Å²) in [5.41, 5.74) is 1.81. The van der Waals surface area contributed by atoms with Crippen molar-refractivity contribution in [3.63, 3.8) is 0 Å². The minimum atomic E-state index is -0.0648. The molecule has 1 heterocycles. The van der Waals surface area contributed by atoms with E-state index in [1.807, 2.05) is 13.8 Å². The van der Waals surface area contributed by atoms with E-state index in [9.17, 15) is 4.79 Å². The molecule has 2 aliphatic rings. The molecule has 2 rings (SSSR count). The summed E-state index contributed by atoms with van der Waals surface area (Å²) in [4.78, 5) is 11.7. The molecule has 0 aromatic rings. The SMILES string of the molecule is CCOC(=O)C(C)C1=CCC2(CCNCC2)CC1. The van der Waals surface area contributed by atoms with Gasteiger partial charge in [0.15, 0.2) is 0 Å². The molecule has 1 aliphatic carbocycles. The van der Waals surface area contributed by atoms with Gasteiger partial charge in [-0.25, -0.2) is 0 Å². The van der Waals surface area contributed by atoms with E-state index in [-0.39, 0.29) is 11.9 Å². The highest BCUT2D eigenvalue weighted by Crippen LogP contribution is 2.43. The zero-order chi connectivity index (χ0) is 13.0. The van der Waals surface area contributed by atoms with Crippen molar-refractivity contribution in [1.82, 2.24) is 5.32 Å². The number of ether oxygens (including phenoxy) is 1. The molecule has 1 unspecified atom stereocenters. The maximum Gasteiger partial charge on any atom is 0.312 e. The largest absolute Gasteiger partial charge is 0.466 e. The number of piperidine rings is 1. The summed E-state index contributed by atoms with van der Waals surface area (Å²) in [6.45, 7) is 6.62. The molecule has 1 atom stereocenters. The fourth-order valence-electron chi connectivity index (χ4n) is 3.18. The van der Waals surface area contributed by atoms with Crippen LogP contribution in [0.3, 0.4) is 0 Å². The molecule has 1 saturated heterocycles. The van der Waals surface area contributed by atoms with Crippen LogP contribution < -0.4 is 5.32 Å². The molecule has 0 aromatic carbocycles. The summed E-state index contributed by atoms with van der Waals surface area (Å²) in [5, 5.41) is 3.43. The van der Waals surface area contributed by atoms with Gasteiger partial charge in [-0.05, 0) is 64.5 Å². The van der Waals surface area contributed by atoms with E-state index in [2.05, 4.69) is 11.4 Å². The molecule has 3 heteroatoms. The zero-order valence-corrected chi connectivity index (χ0v) is 11.6. The van der Waals surface area contributed by atoms with E-state index in [0.717, 1.165) is 25.9 Å². The normalized spacial score (nSPS) is 24.4. The molecule has 0 aromatic heterocycles. The van der Waals surface area contributed by atoms with Crippen molar-refractivity contribution < 1.29 is 9.53 Å². The van der Waals surface area contributed by atoms with Gasteiger partial charge in [0.2, 0.25) is 0 Å². The van der Waals surface area contributed by atoms with Gasteiger partial charge in [0.25, 0.3) is 0 Å². The Morgan fingerprint density at radius 3 is 2.72 bits per heavy atom. The molecule has 1 spiro atoms. The van der Waals surface area contributed by atoms with Gasteiger partial charge in [-0.1, -0.05) is 11.6 Å². The molecule has 0 amide bonds. The van der Waals surface area contributed by atoms with Gasteiger partial charge in [-0.15, -0.1) is 0 Å². The van der Waals surface area contributed by atoms with Crippen molar-refractivity contribution in [1.29, 1.82) is 0 Å². The van der Waals surface area contributed by atoms with E-state index in [4.69, 9.17) is 4.74 Å². The van der Waals surface area contributed by atoms with Gasteiger partial charge >= 0.3 is 5.97 Å². The van der Waals surface area contributed by atoms with Crippen molar-refractivity contribution in [3.05, 3.63) is 11.6 Å². The van der Waals surface area contributed by atoms with Crippen LogP contribution in [0.15, 0.2) is 11.6 Å². The summed E-state index contributed by atoms with van der Waals surface area (Å²) < 4.78 is 5.10. The maximum atomic E-state index is 11.7. The monoisotopic (exact) mass is 251 g/mol. The molecule has 0 radical (unpaired) electrons. The smallest absolute Gasteiger partial charge is 0.312 e. The van der Waals surface area contributed by atoms with E-state index >= 15 is 0 Å². The molecule has 1 fully saturated rings. The molecule has 3 nitrogen and oxygen atoms in total. The summed E-state index contributed by atoms with van der Waals surface area (Å²) >= 11 is 0. The number of esters is 1. The average molecular weight is 251 g/mol. The molecular formula is C15H25NO2. The average Bonchev–Trinajstić information content (AvgIpc) is 2.40. The lowest BCUT2D eigenvalue weighted by atomic mass is 9.68. The van der Waals surface area contributed by atoms with Crippen LogP contribution in [-0.2, 0) is 9.53 Å². The minimum Gasteiger partial charge on any atom is -0.466 e. The van der Waals surface area contributed by atoms with Crippen LogP contribution in [0.25, 0.3) is 0 Å². The first-order valence-corrected chi connectivity index (χ1v) is 7.23. The Bertz CT molecular complexity index is 329. The van der Waals surface area contributed by atoms with Crippen LogP contribution in [0.4, 0.5) is 0 Å². The topological polar surface area (TPSA) is 38.3 Å². The van der Waals surface area contributed by atoms with Crippen molar-refractivity contribution in [3.8, 4) is 0 Å². The number of nitrogens with one attached hydrogen (secondary N) is 1. The first-order chi connectivity index (χ1) is 8.67. The molecule has 0 saturated carbocycles. The maximum absolute atomic E-state index is 11.7. The van der Waals surface area contributed by atoms with Gasteiger partial charge in [-0.2, -0.15) is 0 Å². The summed E-state index contributed by atoms with van der Waals surface area (Å²) in [6.07, 6.45) is 8.34. The highest BCUT2D eigenvalue weighted by atomic mass is 16.5. The lowest BCUT2D eigenvalue weighted by Crippen LogP contribution is -2.38. The Balaban J connectivity index is 1.95. The van der Waals surface area contributed by atoms with Gasteiger partial charge in [-0.3, -0.25) is 4.79 Å². The molecule has 1 aliphatic heterocycles. The van der Waals surface area contributed by atoms with Crippen molar-refractivity contribution in [2.45, 2.75) is 46.0 Å². The summed E-state index contributed by atoms with van der Waals surface area (Å²) in [5.74, 6) is -0.117. The summed E-state index contributed by atoms with van der Waals surface area (Å²) in [6, 6.07) is 0. The predicted molar refractivity (Wildman–Crippen MR) is 72.3 cm³/mol. The molecule has 102 valence electrons. The number of carbonyl (C=O) groups is 1. The van der Waals surface area contributed by atoms with Crippen LogP contribution >= 0.6 is 0 Å². The van der Waals surface area contributed by atoms with Crippen molar-refractivity contribution in [2.24, 2.45) is 11.3 Å². The Labute approximate surface area is 110 Å². The highest BCUT2D eigenvalue weighted by Gasteiger charge is 2.34. The van der Waals surface area contributed by atoms with Crippen molar-refractivity contribution >= 4 is 5.97 Å². The number of carbonyl (C=O) groups excluding carboxylic acids is 1. The predicted octanol–water partition coefficient (Wildman–Crippen LogP) is 2.67. The second-order valence-electron chi connectivity index (χ2n) is 5.71. The number of allylic oxidation sites excluding steroid dienone is 1. The first kappa shape index (κ1) is 13.6. The standard InChI is InChI=1S/C15H25NO2/c1-3-18-14(17)12(2)13-4-6-15(7-5-13)8-10-16-11-9-15/h4,12,16H,3,5-11H2,1-2H3. The summed E-state index contributed by atoms with van der Waals surface area (Å²) in [7, 11) is 0. The van der Waals surface area contributed by atoms with E-state index in [1.54, 1.807) is 0 Å². The Morgan fingerprint density at radius 2 is 2.17 bits per heavy atom. The zero-order valence-electron chi connectivity index (χ0n) is 11.6. The minimum absolute atomic E-state index is 0.0518. The second kappa shape index (κ2) is 5.87. The fraction of sp³-hybridized carbons (Fsp3) is 0.800. The molecule has 0 bridgehead atoms. The molecular weight excluding hydrogens is 226 g/mol. The third-order valence-corrected chi connectivity index (χ3v) is 4.60. The fourth-order valence-corrected chi connectivity index (χ4v) is 3.18. The highest BCUT2D eigenvalue weighted by molar-refractivity contribution is 5.75. The number of hydrogen-bond donors (Lipinski definition) is 1. The van der Waals surface area contributed by atoms with Crippen LogP contribution in [0.5, 0.6) is 0 Å². The third-order valence-electron chi connectivity index (χ3n) is 4.60. The Kier molecular flexibility index (Phi) is 4.44. The van der Waals surface area contributed by atoms with E-state index < -0.39 is 0 Å². The van der Waals surface area contributed by atoms with Gasteiger partial charge < -0.3 is 10.1 Å². The van der Waals surface area contributed by atoms with Crippen LogP contribution in [0, 0.1) is 11.3 Å². The van der Waals surface area contributed by atoms with Crippen molar-refractivity contribution in [2.75, 3.05) is 19.7 Å². The van der Waals surface area contributed by atoms with Gasteiger partial charge in [0.1, 0.15) is 0 Å². The van der Waals surface area contributed by atoms with Crippen LogP contribution in [-0.4, -0.2) is 25.7 Å². The lowest BCUT2D eigenvalue weighted by Gasteiger charge is -2.40.